The molecule has 8 heteroatoms. The number of pyridine rings is 1. The number of ether oxygens (including phenoxy) is 4. The highest BCUT2D eigenvalue weighted by molar-refractivity contribution is 8.02. The van der Waals surface area contributed by atoms with E-state index in [9.17, 15) is 9.59 Å². The van der Waals surface area contributed by atoms with Gasteiger partial charge in [-0.3, -0.25) is 4.79 Å². The van der Waals surface area contributed by atoms with E-state index in [1.54, 1.807) is 31.9 Å². The number of esters is 1. The summed E-state index contributed by atoms with van der Waals surface area (Å²) in [7, 11) is 1.69. The quantitative estimate of drug-likeness (QED) is 0.289. The molecule has 0 spiro atoms. The van der Waals surface area contributed by atoms with Crippen molar-refractivity contribution in [2.24, 2.45) is 5.92 Å². The number of thioether (sulfide) groups is 1. The zero-order valence-corrected chi connectivity index (χ0v) is 22.7. The van der Waals surface area contributed by atoms with E-state index in [0.29, 0.717) is 25.4 Å². The summed E-state index contributed by atoms with van der Waals surface area (Å²) in [6.07, 6.45) is 10.2. The van der Waals surface area contributed by atoms with E-state index in [2.05, 4.69) is 19.9 Å². The Morgan fingerprint density at radius 1 is 1.25 bits per heavy atom. The molecule has 3 aliphatic rings. The monoisotopic (exact) mass is 515 g/mol. The Morgan fingerprint density at radius 3 is 2.64 bits per heavy atom. The van der Waals surface area contributed by atoms with Crippen LogP contribution in [0.2, 0.25) is 0 Å². The van der Waals surface area contributed by atoms with E-state index < -0.39 is 5.97 Å². The summed E-state index contributed by atoms with van der Waals surface area (Å²) in [5.74, 6) is 1.09. The first-order valence-electron chi connectivity index (χ1n) is 12.8. The van der Waals surface area contributed by atoms with Crippen molar-refractivity contribution in [3.63, 3.8) is 0 Å². The van der Waals surface area contributed by atoms with E-state index in [4.69, 9.17) is 18.9 Å². The largest absolute Gasteiger partial charge is 0.497 e. The first-order chi connectivity index (χ1) is 17.4. The van der Waals surface area contributed by atoms with Crippen LogP contribution in [0.4, 0.5) is 0 Å². The predicted octanol–water partition coefficient (Wildman–Crippen LogP) is 5.78. The minimum atomic E-state index is -0.575. The van der Waals surface area contributed by atoms with Gasteiger partial charge in [0.25, 0.3) is 5.56 Å². The average Bonchev–Trinajstić information content (AvgIpc) is 3.00. The standard InChI is InChI=1S/C28H37NO6S/c1-6-33-28(31)23-16-22-25(29(27(23)30)18-9-7-10-18)21-15-20(36-5)13-19(34-12-8-11-32-4)14-24(21)35-26(22)17(2)3/h14-18,26H,6-13H2,1-5H3. The van der Waals surface area contributed by atoms with Gasteiger partial charge in [-0.1, -0.05) is 13.8 Å². The number of methoxy groups -OCH3 is 1. The maximum Gasteiger partial charge on any atom is 0.343 e. The van der Waals surface area contributed by atoms with E-state index in [1.165, 1.54) is 0 Å². The number of carbonyl (C=O) groups excluding carboxylic acids is 1. The third-order valence-corrected chi connectivity index (χ3v) is 7.66. The molecule has 1 saturated carbocycles. The lowest BCUT2D eigenvalue weighted by Crippen LogP contribution is -2.38. The van der Waals surface area contributed by atoms with Crippen molar-refractivity contribution in [2.45, 2.75) is 65.0 Å². The fourth-order valence-electron chi connectivity index (χ4n) is 4.84. The summed E-state index contributed by atoms with van der Waals surface area (Å²) in [5, 5.41) is 0. The van der Waals surface area contributed by atoms with Crippen molar-refractivity contribution in [3.8, 4) is 0 Å². The number of fused-ring (bicyclic) bond motifs is 2. The lowest BCUT2D eigenvalue weighted by Gasteiger charge is -2.37. The second-order valence-corrected chi connectivity index (χ2v) is 10.6. The van der Waals surface area contributed by atoms with Gasteiger partial charge >= 0.3 is 5.97 Å². The number of carbonyl (C=O) groups is 1. The zero-order chi connectivity index (χ0) is 25.8. The van der Waals surface area contributed by atoms with Gasteiger partial charge in [-0.25, -0.2) is 4.79 Å². The van der Waals surface area contributed by atoms with E-state index in [0.717, 1.165) is 53.2 Å². The Labute approximate surface area is 217 Å². The summed E-state index contributed by atoms with van der Waals surface area (Å²) >= 11 is 1.66. The SMILES string of the molecule is CCOC(=O)c1cc2c(n(C3CCC3)c1=O)C1=C(C=C(OCCCOC)CC(SC)=C1)OC2C(C)C. The van der Waals surface area contributed by atoms with Crippen molar-refractivity contribution >= 4 is 23.3 Å². The molecular weight excluding hydrogens is 478 g/mol. The highest BCUT2D eigenvalue weighted by Gasteiger charge is 2.37. The topological polar surface area (TPSA) is 76.0 Å². The van der Waals surface area contributed by atoms with Crippen LogP contribution in [0.25, 0.3) is 5.57 Å². The van der Waals surface area contributed by atoms with E-state index in [-0.39, 0.29) is 35.8 Å². The van der Waals surface area contributed by atoms with Crippen molar-refractivity contribution in [3.05, 3.63) is 61.8 Å². The van der Waals surface area contributed by atoms with Crippen LogP contribution in [0.5, 0.6) is 0 Å². The smallest absolute Gasteiger partial charge is 0.343 e. The molecule has 1 fully saturated rings. The van der Waals surface area contributed by atoms with Crippen LogP contribution < -0.4 is 5.56 Å². The number of aromatic nitrogens is 1. The van der Waals surface area contributed by atoms with Crippen molar-refractivity contribution in [1.82, 2.24) is 4.57 Å². The Morgan fingerprint density at radius 2 is 2.03 bits per heavy atom. The fraction of sp³-hybridized carbons (Fsp3) is 0.571. The summed E-state index contributed by atoms with van der Waals surface area (Å²) in [6, 6.07) is 1.77. The number of hydrogen-bond acceptors (Lipinski definition) is 7. The molecule has 0 saturated heterocycles. The van der Waals surface area contributed by atoms with Crippen molar-refractivity contribution in [2.75, 3.05) is 33.2 Å². The third-order valence-electron chi connectivity index (χ3n) is 6.87. The second kappa shape index (κ2) is 11.7. The summed E-state index contributed by atoms with van der Waals surface area (Å²) in [4.78, 5) is 27.7. The second-order valence-electron chi connectivity index (χ2n) is 9.70. The third kappa shape index (κ3) is 5.30. The van der Waals surface area contributed by atoms with Gasteiger partial charge in [0, 0.05) is 49.8 Å². The minimum absolute atomic E-state index is 0.0587. The Bertz CT molecular complexity index is 1140. The zero-order valence-electron chi connectivity index (χ0n) is 21.9. The Balaban J connectivity index is 1.92. The van der Waals surface area contributed by atoms with Gasteiger partial charge in [0.1, 0.15) is 23.2 Å². The molecule has 0 N–H and O–H groups in total. The lowest BCUT2D eigenvalue weighted by atomic mass is 9.86. The van der Waals surface area contributed by atoms with Crippen LogP contribution in [-0.4, -0.2) is 43.7 Å². The van der Waals surface area contributed by atoms with Gasteiger partial charge in [0.05, 0.1) is 18.9 Å². The van der Waals surface area contributed by atoms with Gasteiger partial charge in [-0.15, -0.1) is 11.8 Å². The molecule has 2 heterocycles. The van der Waals surface area contributed by atoms with Gasteiger partial charge in [0.2, 0.25) is 0 Å². The Kier molecular flexibility index (Phi) is 8.67. The molecule has 196 valence electrons. The van der Waals surface area contributed by atoms with E-state index >= 15 is 0 Å². The maximum atomic E-state index is 13.8. The van der Waals surface area contributed by atoms with Crippen LogP contribution in [0.1, 0.15) is 86.6 Å². The molecule has 0 bridgehead atoms. The van der Waals surface area contributed by atoms with Crippen LogP contribution in [0, 0.1) is 5.92 Å². The maximum absolute atomic E-state index is 13.8. The highest BCUT2D eigenvalue weighted by atomic mass is 32.2. The molecule has 1 unspecified atom stereocenters. The van der Waals surface area contributed by atoms with Gasteiger partial charge in [-0.2, -0.15) is 0 Å². The summed E-state index contributed by atoms with van der Waals surface area (Å²) in [5.41, 5.74) is 2.41. The average molecular weight is 516 g/mol. The van der Waals surface area contributed by atoms with Crippen molar-refractivity contribution < 1.29 is 23.7 Å². The molecule has 7 nitrogen and oxygen atoms in total. The van der Waals surface area contributed by atoms with Crippen LogP contribution in [0.15, 0.2) is 39.4 Å². The summed E-state index contributed by atoms with van der Waals surface area (Å²) in [6.45, 7) is 7.35. The number of hydrogen-bond donors (Lipinski definition) is 0. The molecule has 0 radical (unpaired) electrons. The van der Waals surface area contributed by atoms with Crippen LogP contribution in [0.3, 0.4) is 0 Å². The van der Waals surface area contributed by atoms with Gasteiger partial charge < -0.3 is 23.5 Å². The van der Waals surface area contributed by atoms with E-state index in [1.807, 2.05) is 16.9 Å². The normalized spacial score (nSPS) is 19.4. The molecule has 1 aliphatic heterocycles. The first kappa shape index (κ1) is 26.6. The molecular formula is C28H37NO6S. The van der Waals surface area contributed by atoms with Crippen LogP contribution >= 0.6 is 11.8 Å². The lowest BCUT2D eigenvalue weighted by molar-refractivity contribution is 0.0519. The molecule has 2 aliphatic carbocycles. The number of rotatable bonds is 10. The number of nitrogens with zero attached hydrogens (tertiary/aromatic N) is 1. The molecule has 0 aromatic carbocycles. The predicted molar refractivity (Wildman–Crippen MR) is 142 cm³/mol. The fourth-order valence-corrected chi connectivity index (χ4v) is 5.37. The van der Waals surface area contributed by atoms with Gasteiger partial charge in [-0.05, 0) is 55.4 Å². The molecule has 1 aromatic heterocycles. The van der Waals surface area contributed by atoms with Gasteiger partial charge in [0.15, 0.2) is 0 Å². The number of allylic oxidation sites excluding steroid dienone is 4. The first-order valence-corrected chi connectivity index (χ1v) is 14.1. The molecule has 1 aromatic rings. The molecule has 0 amide bonds. The molecule has 4 rings (SSSR count). The summed E-state index contributed by atoms with van der Waals surface area (Å²) < 4.78 is 25.0. The highest BCUT2D eigenvalue weighted by Crippen LogP contribution is 2.46. The molecule has 1 atom stereocenters. The Hall–Kier alpha value is -2.45. The van der Waals surface area contributed by atoms with Crippen molar-refractivity contribution in [1.29, 1.82) is 0 Å². The van der Waals surface area contributed by atoms with Crippen LogP contribution in [-0.2, 0) is 18.9 Å². The minimum Gasteiger partial charge on any atom is -0.497 e. The molecule has 36 heavy (non-hydrogen) atoms.